The minimum atomic E-state index is -0.948. The van der Waals surface area contributed by atoms with Crippen LogP contribution in [0, 0.1) is 0 Å². The number of para-hydroxylation sites is 1. The summed E-state index contributed by atoms with van der Waals surface area (Å²) >= 11 is 0. The molecule has 2 aromatic heterocycles. The highest BCUT2D eigenvalue weighted by molar-refractivity contribution is 6.51. The first-order valence-corrected chi connectivity index (χ1v) is 8.82. The summed E-state index contributed by atoms with van der Waals surface area (Å²) in [6.45, 7) is 7.30. The van der Waals surface area contributed by atoms with Crippen LogP contribution in [-0.4, -0.2) is 28.8 Å². The highest BCUT2D eigenvalue weighted by Gasteiger charge is 2.35. The number of hydrogen-bond acceptors (Lipinski definition) is 4. The molecule has 5 heteroatoms. The molecular formula is C21H22BNO3. The van der Waals surface area contributed by atoms with Crippen LogP contribution in [0.4, 0.5) is 0 Å². The van der Waals surface area contributed by atoms with Crippen LogP contribution in [0.2, 0.25) is 0 Å². The van der Waals surface area contributed by atoms with Gasteiger partial charge in [-0.25, -0.2) is 0 Å². The lowest BCUT2D eigenvalue weighted by Crippen LogP contribution is -2.49. The van der Waals surface area contributed by atoms with E-state index in [0.717, 1.165) is 38.3 Å². The molecule has 0 bridgehead atoms. The van der Waals surface area contributed by atoms with Gasteiger partial charge < -0.3 is 14.2 Å². The van der Waals surface area contributed by atoms with Crippen molar-refractivity contribution in [2.45, 2.75) is 38.9 Å². The van der Waals surface area contributed by atoms with Crippen molar-refractivity contribution in [1.82, 2.24) is 4.98 Å². The van der Waals surface area contributed by atoms with Gasteiger partial charge in [-0.05, 0) is 51.4 Å². The second-order valence-electron chi connectivity index (χ2n) is 7.76. The minimum absolute atomic E-state index is 0.365. The summed E-state index contributed by atoms with van der Waals surface area (Å²) in [5, 5.41) is 13.5. The maximum atomic E-state index is 10.3. The van der Waals surface area contributed by atoms with E-state index in [1.807, 2.05) is 44.2 Å². The van der Waals surface area contributed by atoms with E-state index in [1.54, 1.807) is 20.0 Å². The molecule has 132 valence electrons. The van der Waals surface area contributed by atoms with Crippen molar-refractivity contribution in [3.05, 3.63) is 48.7 Å². The number of rotatable bonds is 4. The van der Waals surface area contributed by atoms with Gasteiger partial charge in [-0.1, -0.05) is 24.3 Å². The van der Waals surface area contributed by atoms with Crippen LogP contribution in [0.25, 0.3) is 32.8 Å². The Bertz CT molecular complexity index is 1110. The number of pyridine rings is 1. The number of fused-ring (bicyclic) bond motifs is 5. The average Bonchev–Trinajstić information content (AvgIpc) is 2.98. The quantitative estimate of drug-likeness (QED) is 0.572. The monoisotopic (exact) mass is 347 g/mol. The fourth-order valence-corrected chi connectivity index (χ4v) is 3.06. The molecule has 0 fully saturated rings. The predicted octanol–water partition coefficient (Wildman–Crippen LogP) is 3.68. The van der Waals surface area contributed by atoms with E-state index in [2.05, 4.69) is 17.1 Å². The van der Waals surface area contributed by atoms with Gasteiger partial charge in [0.1, 0.15) is 11.2 Å². The Hall–Kier alpha value is -2.37. The Balaban J connectivity index is 1.84. The fraction of sp³-hybridized carbons (Fsp3) is 0.286. The highest BCUT2D eigenvalue weighted by Crippen LogP contribution is 2.33. The van der Waals surface area contributed by atoms with Crippen molar-refractivity contribution < 1.29 is 14.2 Å². The lowest BCUT2D eigenvalue weighted by molar-refractivity contribution is -0.0893. The summed E-state index contributed by atoms with van der Waals surface area (Å²) in [5.74, 6) is 0. The summed E-state index contributed by atoms with van der Waals surface area (Å²) in [6, 6.07) is 14.1. The zero-order valence-electron chi connectivity index (χ0n) is 15.5. The molecule has 0 unspecified atom stereocenters. The summed E-state index contributed by atoms with van der Waals surface area (Å²) < 4.78 is 12.2. The van der Waals surface area contributed by atoms with Gasteiger partial charge in [0.2, 0.25) is 0 Å². The topological polar surface area (TPSA) is 55.5 Å². The van der Waals surface area contributed by atoms with Crippen LogP contribution >= 0.6 is 0 Å². The van der Waals surface area contributed by atoms with Gasteiger partial charge in [0, 0.05) is 22.4 Å². The molecule has 0 amide bonds. The van der Waals surface area contributed by atoms with Gasteiger partial charge in [0.05, 0.1) is 16.7 Å². The highest BCUT2D eigenvalue weighted by atomic mass is 16.5. The number of aliphatic hydroxyl groups is 1. The Kier molecular flexibility index (Phi) is 3.83. The molecule has 2 aromatic carbocycles. The van der Waals surface area contributed by atoms with Crippen molar-refractivity contribution in [1.29, 1.82) is 0 Å². The molecular weight excluding hydrogens is 325 g/mol. The van der Waals surface area contributed by atoms with Crippen LogP contribution < -0.4 is 5.46 Å². The molecule has 4 aromatic rings. The van der Waals surface area contributed by atoms with E-state index >= 15 is 0 Å². The number of furan rings is 1. The third kappa shape index (κ3) is 2.68. The van der Waals surface area contributed by atoms with Crippen LogP contribution in [0.1, 0.15) is 27.7 Å². The molecule has 26 heavy (non-hydrogen) atoms. The van der Waals surface area contributed by atoms with Crippen LogP contribution in [-0.2, 0) is 4.65 Å². The van der Waals surface area contributed by atoms with Gasteiger partial charge >= 0.3 is 7.48 Å². The molecule has 0 radical (unpaired) electrons. The first-order chi connectivity index (χ1) is 12.3. The predicted molar refractivity (Wildman–Crippen MR) is 107 cm³/mol. The minimum Gasteiger partial charge on any atom is -0.457 e. The van der Waals surface area contributed by atoms with Crippen molar-refractivity contribution in [3.8, 4) is 0 Å². The number of aromatic nitrogens is 1. The first-order valence-electron chi connectivity index (χ1n) is 8.82. The largest absolute Gasteiger partial charge is 0.457 e. The molecule has 0 aliphatic rings. The molecule has 1 N–H and O–H groups in total. The molecule has 0 saturated carbocycles. The second-order valence-corrected chi connectivity index (χ2v) is 7.76. The normalized spacial score (nSPS) is 13.0. The van der Waals surface area contributed by atoms with Crippen LogP contribution in [0.5, 0.6) is 0 Å². The van der Waals surface area contributed by atoms with E-state index in [9.17, 15) is 5.11 Å². The summed E-state index contributed by atoms with van der Waals surface area (Å²) in [7, 11) is 0.365. The first kappa shape index (κ1) is 17.1. The Morgan fingerprint density at radius 2 is 1.77 bits per heavy atom. The Labute approximate surface area is 153 Å². The summed E-state index contributed by atoms with van der Waals surface area (Å²) in [5.41, 5.74) is 1.95. The smallest absolute Gasteiger partial charge is 0.313 e. The third-order valence-corrected chi connectivity index (χ3v) is 5.39. The van der Waals surface area contributed by atoms with Gasteiger partial charge in [0.25, 0.3) is 0 Å². The summed E-state index contributed by atoms with van der Waals surface area (Å²) in [4.78, 5) is 4.44. The van der Waals surface area contributed by atoms with E-state index < -0.39 is 11.2 Å². The van der Waals surface area contributed by atoms with E-state index in [0.29, 0.717) is 7.48 Å². The maximum absolute atomic E-state index is 10.3. The lowest BCUT2D eigenvalue weighted by Gasteiger charge is -2.37. The van der Waals surface area contributed by atoms with Crippen molar-refractivity contribution >= 4 is 45.8 Å². The SMILES string of the molecule is CC(C)(O)C(C)(C)OBc1cccc2c1oc1ccc3ncccc3c12. The number of hydrogen-bond donors (Lipinski definition) is 1. The van der Waals surface area contributed by atoms with E-state index in [-0.39, 0.29) is 0 Å². The zero-order chi connectivity index (χ0) is 18.5. The number of nitrogens with zero attached hydrogens (tertiary/aromatic N) is 1. The molecule has 0 saturated heterocycles. The Morgan fingerprint density at radius 1 is 1.00 bits per heavy atom. The standard InChI is InChI=1S/C21H22BNO3/c1-20(2,24)21(3,4)26-22-15-9-5-7-14-18-13-8-6-12-23-16(13)10-11-17(18)25-19(14)15/h5-12,22,24H,1-4H3. The molecule has 4 rings (SSSR count). The van der Waals surface area contributed by atoms with Crippen molar-refractivity contribution in [2.75, 3.05) is 0 Å². The third-order valence-electron chi connectivity index (χ3n) is 5.39. The van der Waals surface area contributed by atoms with Gasteiger partial charge in [-0.3, -0.25) is 4.98 Å². The van der Waals surface area contributed by atoms with Crippen LogP contribution in [0.15, 0.2) is 53.1 Å². The van der Waals surface area contributed by atoms with Gasteiger partial charge in [-0.2, -0.15) is 0 Å². The van der Waals surface area contributed by atoms with Gasteiger partial charge in [-0.15, -0.1) is 0 Å². The molecule has 2 heterocycles. The Morgan fingerprint density at radius 3 is 2.54 bits per heavy atom. The molecule has 4 nitrogen and oxygen atoms in total. The maximum Gasteiger partial charge on any atom is 0.313 e. The molecule has 0 spiro atoms. The summed E-state index contributed by atoms with van der Waals surface area (Å²) in [6.07, 6.45) is 1.80. The van der Waals surface area contributed by atoms with E-state index in [1.165, 1.54) is 0 Å². The lowest BCUT2D eigenvalue weighted by atomic mass is 9.82. The molecule has 0 aliphatic carbocycles. The molecule has 0 aliphatic heterocycles. The van der Waals surface area contributed by atoms with Crippen molar-refractivity contribution in [3.63, 3.8) is 0 Å². The molecule has 0 atom stereocenters. The van der Waals surface area contributed by atoms with Crippen molar-refractivity contribution in [2.24, 2.45) is 0 Å². The van der Waals surface area contributed by atoms with Crippen LogP contribution in [0.3, 0.4) is 0 Å². The van der Waals surface area contributed by atoms with E-state index in [4.69, 9.17) is 9.07 Å². The second kappa shape index (κ2) is 5.83. The number of benzene rings is 2. The average molecular weight is 347 g/mol. The van der Waals surface area contributed by atoms with Gasteiger partial charge in [0.15, 0.2) is 0 Å². The zero-order valence-corrected chi connectivity index (χ0v) is 15.5. The fourth-order valence-electron chi connectivity index (χ4n) is 3.06.